The number of aryl methyl sites for hydroxylation is 1. The minimum atomic E-state index is -0.651. The number of hydrogen-bond donors (Lipinski definition) is 3. The molecular weight excluding hydrogens is 448 g/mol. The average molecular weight is 473 g/mol. The number of nitrogens with one attached hydrogen (secondary N) is 3. The first-order valence-corrected chi connectivity index (χ1v) is 11.3. The van der Waals surface area contributed by atoms with Gasteiger partial charge in [-0.05, 0) is 41.8 Å². The fraction of sp³-hybridized carbons (Fsp3) is 0.240. The van der Waals surface area contributed by atoms with Crippen molar-refractivity contribution in [3.63, 3.8) is 0 Å². The molecule has 0 aliphatic carbocycles. The normalized spacial score (nSPS) is 17.2. The van der Waals surface area contributed by atoms with Gasteiger partial charge in [-0.15, -0.1) is 0 Å². The van der Waals surface area contributed by atoms with Crippen molar-refractivity contribution < 1.29 is 19.2 Å². The maximum atomic E-state index is 12.8. The highest BCUT2D eigenvalue weighted by Crippen LogP contribution is 2.28. The summed E-state index contributed by atoms with van der Waals surface area (Å²) >= 11 is 0. The van der Waals surface area contributed by atoms with Crippen molar-refractivity contribution >= 4 is 29.4 Å². The Labute approximate surface area is 201 Å². The molecule has 2 aliphatic heterocycles. The highest BCUT2D eigenvalue weighted by Gasteiger charge is 2.39. The van der Waals surface area contributed by atoms with E-state index in [-0.39, 0.29) is 30.8 Å². The molecule has 3 N–H and O–H groups in total. The molecule has 0 spiro atoms. The second-order valence-electron chi connectivity index (χ2n) is 8.65. The molecule has 1 fully saturated rings. The quantitative estimate of drug-likeness (QED) is 0.491. The van der Waals surface area contributed by atoms with E-state index in [0.717, 1.165) is 22.4 Å². The lowest BCUT2D eigenvalue weighted by molar-refractivity contribution is -0.136. The van der Waals surface area contributed by atoms with Crippen molar-refractivity contribution in [1.29, 1.82) is 0 Å². The molecule has 5 amide bonds. The molecule has 3 aromatic rings. The van der Waals surface area contributed by atoms with Crippen LogP contribution in [0.15, 0.2) is 54.7 Å². The van der Waals surface area contributed by atoms with Crippen LogP contribution in [0.3, 0.4) is 0 Å². The summed E-state index contributed by atoms with van der Waals surface area (Å²) in [5.74, 6) is -0.974. The van der Waals surface area contributed by atoms with Crippen LogP contribution in [0.5, 0.6) is 0 Å². The van der Waals surface area contributed by atoms with Gasteiger partial charge in [0.1, 0.15) is 6.04 Å². The predicted molar refractivity (Wildman–Crippen MR) is 127 cm³/mol. The molecule has 35 heavy (non-hydrogen) atoms. The first kappa shape index (κ1) is 22.3. The Morgan fingerprint density at radius 2 is 2.00 bits per heavy atom. The Morgan fingerprint density at radius 1 is 1.14 bits per heavy atom. The number of carbonyl (C=O) groups excluding carboxylic acids is 4. The highest BCUT2D eigenvalue weighted by atomic mass is 16.2. The Balaban J connectivity index is 1.20. The van der Waals surface area contributed by atoms with Gasteiger partial charge in [-0.1, -0.05) is 24.3 Å². The summed E-state index contributed by atoms with van der Waals surface area (Å²) < 4.78 is 1.72. The Hall–Kier alpha value is -4.47. The molecule has 2 aliphatic rings. The van der Waals surface area contributed by atoms with Gasteiger partial charge in [0.05, 0.1) is 5.69 Å². The third-order valence-corrected chi connectivity index (χ3v) is 6.17. The molecule has 1 atom stereocenters. The second kappa shape index (κ2) is 9.05. The van der Waals surface area contributed by atoms with Crippen LogP contribution in [0, 0.1) is 0 Å². The lowest BCUT2D eigenvalue weighted by Crippen LogP contribution is -2.52. The third kappa shape index (κ3) is 4.63. The first-order chi connectivity index (χ1) is 16.9. The number of carbonyl (C=O) groups is 4. The number of rotatable bonds is 5. The van der Waals surface area contributed by atoms with Gasteiger partial charge in [0.2, 0.25) is 11.8 Å². The van der Waals surface area contributed by atoms with Crippen molar-refractivity contribution in [1.82, 2.24) is 25.3 Å². The number of aromatic nitrogens is 2. The van der Waals surface area contributed by atoms with Crippen molar-refractivity contribution in [2.45, 2.75) is 32.0 Å². The zero-order valence-electron chi connectivity index (χ0n) is 19.1. The molecule has 0 saturated carbocycles. The molecule has 5 rings (SSSR count). The first-order valence-electron chi connectivity index (χ1n) is 11.3. The fourth-order valence-electron chi connectivity index (χ4n) is 4.42. The van der Waals surface area contributed by atoms with Crippen molar-refractivity contribution in [2.75, 3.05) is 5.32 Å². The number of nitrogens with zero attached hydrogens (tertiary/aromatic N) is 3. The van der Waals surface area contributed by atoms with Gasteiger partial charge in [-0.25, -0.2) is 4.79 Å². The van der Waals surface area contributed by atoms with E-state index in [4.69, 9.17) is 0 Å². The molecule has 1 unspecified atom stereocenters. The van der Waals surface area contributed by atoms with E-state index in [1.807, 2.05) is 43.6 Å². The lowest BCUT2D eigenvalue weighted by atomic mass is 10.0. The summed E-state index contributed by atoms with van der Waals surface area (Å²) in [4.78, 5) is 50.4. The van der Waals surface area contributed by atoms with E-state index in [9.17, 15) is 19.2 Å². The Kier molecular flexibility index (Phi) is 5.77. The summed E-state index contributed by atoms with van der Waals surface area (Å²) in [6, 6.07) is 13.7. The summed E-state index contributed by atoms with van der Waals surface area (Å²) in [7, 11) is 1.85. The third-order valence-electron chi connectivity index (χ3n) is 6.17. The summed E-state index contributed by atoms with van der Waals surface area (Å²) in [5.41, 5.74) is 4.52. The minimum Gasteiger partial charge on any atom is -0.334 e. The Bertz CT molecular complexity index is 1350. The van der Waals surface area contributed by atoms with E-state index >= 15 is 0 Å². The molecular formula is C25H24N6O4. The van der Waals surface area contributed by atoms with Crippen LogP contribution in [0.25, 0.3) is 11.3 Å². The maximum Gasteiger partial charge on any atom is 0.319 e. The van der Waals surface area contributed by atoms with Gasteiger partial charge in [0.25, 0.3) is 5.91 Å². The predicted octanol–water partition coefficient (Wildman–Crippen LogP) is 2.17. The van der Waals surface area contributed by atoms with Crippen molar-refractivity contribution in [3.8, 4) is 11.3 Å². The number of piperidine rings is 1. The topological polar surface area (TPSA) is 125 Å². The average Bonchev–Trinajstić information content (AvgIpc) is 3.41. The number of imide groups is 1. The van der Waals surface area contributed by atoms with E-state index in [2.05, 4.69) is 21.0 Å². The van der Waals surface area contributed by atoms with Crippen molar-refractivity contribution in [2.24, 2.45) is 7.05 Å². The van der Waals surface area contributed by atoms with Crippen LogP contribution in [0.4, 0.5) is 10.5 Å². The summed E-state index contributed by atoms with van der Waals surface area (Å²) in [5, 5.41) is 12.3. The van der Waals surface area contributed by atoms with Gasteiger partial charge in [-0.2, -0.15) is 5.10 Å². The zero-order valence-corrected chi connectivity index (χ0v) is 19.1. The molecule has 1 saturated heterocycles. The molecule has 2 aromatic carbocycles. The fourth-order valence-corrected chi connectivity index (χ4v) is 4.42. The summed E-state index contributed by atoms with van der Waals surface area (Å²) in [6.45, 7) is 0.562. The van der Waals surface area contributed by atoms with Gasteiger partial charge in [-0.3, -0.25) is 24.4 Å². The molecule has 1 aromatic heterocycles. The number of fused-ring (bicyclic) bond motifs is 1. The van der Waals surface area contributed by atoms with Crippen LogP contribution in [-0.4, -0.2) is 44.5 Å². The SMILES string of the molecule is Cn1ccc(-c2cccc(NC(=O)NCc3ccc4c(c3)CN(C3CCC(=O)NC3=O)C4=O)c2)n1. The van der Waals surface area contributed by atoms with E-state index in [1.165, 1.54) is 4.90 Å². The van der Waals surface area contributed by atoms with Crippen LogP contribution >= 0.6 is 0 Å². The molecule has 0 radical (unpaired) electrons. The lowest BCUT2D eigenvalue weighted by Gasteiger charge is -2.29. The number of anilines is 1. The van der Waals surface area contributed by atoms with E-state index in [0.29, 0.717) is 24.2 Å². The standard InChI is InChI=1S/C25H24N6O4/c1-30-10-9-20(29-30)16-3-2-4-18(12-16)27-25(35)26-13-15-5-6-19-17(11-15)14-31(24(19)34)21-7-8-22(32)28-23(21)33/h2-6,9-12,21H,7-8,13-14H2,1H3,(H2,26,27,35)(H,28,32,33). The monoisotopic (exact) mass is 472 g/mol. The van der Waals surface area contributed by atoms with Crippen LogP contribution < -0.4 is 16.0 Å². The number of amides is 5. The number of benzene rings is 2. The molecule has 0 bridgehead atoms. The Morgan fingerprint density at radius 3 is 2.77 bits per heavy atom. The summed E-state index contributed by atoms with van der Waals surface area (Å²) in [6.07, 6.45) is 2.39. The number of hydrogen-bond acceptors (Lipinski definition) is 5. The van der Waals surface area contributed by atoms with Crippen molar-refractivity contribution in [3.05, 3.63) is 71.4 Å². The largest absolute Gasteiger partial charge is 0.334 e. The van der Waals surface area contributed by atoms with Crippen LogP contribution in [0.1, 0.15) is 34.3 Å². The van der Waals surface area contributed by atoms with Gasteiger partial charge in [0, 0.05) is 49.6 Å². The van der Waals surface area contributed by atoms with E-state index in [1.54, 1.807) is 22.9 Å². The smallest absolute Gasteiger partial charge is 0.319 e. The van der Waals surface area contributed by atoms with Gasteiger partial charge < -0.3 is 15.5 Å². The zero-order chi connectivity index (χ0) is 24.5. The minimum absolute atomic E-state index is 0.214. The molecule has 10 nitrogen and oxygen atoms in total. The van der Waals surface area contributed by atoms with E-state index < -0.39 is 11.9 Å². The maximum absolute atomic E-state index is 12.8. The van der Waals surface area contributed by atoms with Gasteiger partial charge in [0.15, 0.2) is 0 Å². The highest BCUT2D eigenvalue weighted by molar-refractivity contribution is 6.05. The van der Waals surface area contributed by atoms with Gasteiger partial charge >= 0.3 is 6.03 Å². The van der Waals surface area contributed by atoms with Crippen LogP contribution in [0.2, 0.25) is 0 Å². The second-order valence-corrected chi connectivity index (χ2v) is 8.65. The molecule has 3 heterocycles. The molecule has 178 valence electrons. The number of urea groups is 1. The molecule has 10 heteroatoms. The van der Waals surface area contributed by atoms with Crippen LogP contribution in [-0.2, 0) is 29.7 Å².